The number of rotatable bonds is 6. The van der Waals surface area contributed by atoms with Crippen molar-refractivity contribution in [3.05, 3.63) is 30.3 Å². The van der Waals surface area contributed by atoms with Crippen molar-refractivity contribution in [2.24, 2.45) is 0 Å². The summed E-state index contributed by atoms with van der Waals surface area (Å²) in [4.78, 5) is 27.6. The number of amides is 1. The highest BCUT2D eigenvalue weighted by Gasteiger charge is 2.18. The third-order valence-corrected chi connectivity index (χ3v) is 6.44. The van der Waals surface area contributed by atoms with E-state index in [0.717, 1.165) is 22.9 Å². The van der Waals surface area contributed by atoms with Crippen LogP contribution in [0.4, 0.5) is 15.2 Å². The normalized spacial score (nSPS) is 14.2. The summed E-state index contributed by atoms with van der Waals surface area (Å²) in [7, 11) is 1.39. The minimum atomic E-state index is -0.532. The van der Waals surface area contributed by atoms with Gasteiger partial charge < -0.3 is 19.7 Å². The van der Waals surface area contributed by atoms with Crippen LogP contribution in [0, 0.1) is 5.82 Å². The molecule has 152 valence electrons. The molecule has 11 heteroatoms. The maximum atomic E-state index is 13.8. The number of morpholine rings is 1. The molecule has 0 spiro atoms. The first-order valence-corrected chi connectivity index (χ1v) is 10.6. The molecule has 29 heavy (non-hydrogen) atoms. The molecule has 0 bridgehead atoms. The number of aromatic nitrogens is 3. The molecular formula is C18H18FN5O3S2. The number of nitrogens with zero attached hydrogens (tertiary/aromatic N) is 4. The van der Waals surface area contributed by atoms with Gasteiger partial charge in [0.25, 0.3) is 0 Å². The lowest BCUT2D eigenvalue weighted by Gasteiger charge is -2.25. The summed E-state index contributed by atoms with van der Waals surface area (Å²) in [6.07, 6.45) is 1.45. The average molecular weight is 436 g/mol. The second-order valence-electron chi connectivity index (χ2n) is 6.11. The molecule has 0 aliphatic carbocycles. The number of halogens is 1. The van der Waals surface area contributed by atoms with E-state index in [9.17, 15) is 9.18 Å². The van der Waals surface area contributed by atoms with Gasteiger partial charge in [0.05, 0.1) is 26.1 Å². The number of hydrogen-bond acceptors (Lipinski definition) is 9. The fraction of sp³-hybridized carbons (Fsp3) is 0.333. The molecule has 0 radical (unpaired) electrons. The Bertz CT molecular complexity index is 1030. The van der Waals surface area contributed by atoms with Gasteiger partial charge in [-0.05, 0) is 12.1 Å². The Labute approximate surface area is 174 Å². The SMILES string of the molecule is COc1ccc(NC(=O)CSc2ncnc3nc(N4CCOCC4)sc23)cc1F. The van der Waals surface area contributed by atoms with Gasteiger partial charge in [0.1, 0.15) is 16.1 Å². The molecule has 1 N–H and O–H groups in total. The molecule has 1 saturated heterocycles. The number of nitrogens with one attached hydrogen (secondary N) is 1. The molecule has 4 rings (SSSR count). The van der Waals surface area contributed by atoms with Crippen LogP contribution in [0.1, 0.15) is 0 Å². The van der Waals surface area contributed by atoms with Gasteiger partial charge >= 0.3 is 0 Å². The molecule has 3 aromatic rings. The minimum absolute atomic E-state index is 0.127. The zero-order valence-electron chi connectivity index (χ0n) is 15.6. The molecule has 1 aliphatic rings. The Morgan fingerprint density at radius 1 is 1.38 bits per heavy atom. The number of hydrogen-bond donors (Lipinski definition) is 1. The van der Waals surface area contributed by atoms with E-state index in [-0.39, 0.29) is 17.4 Å². The molecule has 1 amide bonds. The molecule has 0 unspecified atom stereocenters. The molecule has 2 aromatic heterocycles. The molecule has 3 heterocycles. The van der Waals surface area contributed by atoms with Crippen LogP contribution < -0.4 is 15.0 Å². The molecule has 0 atom stereocenters. The Hall–Kier alpha value is -2.50. The van der Waals surface area contributed by atoms with Crippen molar-refractivity contribution in [2.75, 3.05) is 49.4 Å². The quantitative estimate of drug-likeness (QED) is 0.467. The van der Waals surface area contributed by atoms with E-state index in [4.69, 9.17) is 9.47 Å². The zero-order chi connectivity index (χ0) is 20.2. The fourth-order valence-electron chi connectivity index (χ4n) is 2.79. The maximum absolute atomic E-state index is 13.8. The number of ether oxygens (including phenoxy) is 2. The van der Waals surface area contributed by atoms with Gasteiger partial charge in [-0.3, -0.25) is 4.79 Å². The van der Waals surface area contributed by atoms with Gasteiger partial charge in [-0.25, -0.2) is 14.4 Å². The van der Waals surface area contributed by atoms with E-state index in [2.05, 4.69) is 25.2 Å². The number of carbonyl (C=O) groups excluding carboxylic acids is 1. The molecule has 1 fully saturated rings. The molecular weight excluding hydrogens is 417 g/mol. The standard InChI is InChI=1S/C18H18FN5O3S2/c1-26-13-3-2-11(8-12(13)19)22-14(25)9-28-17-15-16(20-10-21-17)23-18(29-15)24-4-6-27-7-5-24/h2-3,8,10H,4-7,9H2,1H3,(H,22,25). The third-order valence-electron chi connectivity index (χ3n) is 4.20. The Morgan fingerprint density at radius 2 is 2.21 bits per heavy atom. The van der Waals surface area contributed by atoms with Crippen molar-refractivity contribution in [1.29, 1.82) is 0 Å². The lowest BCUT2D eigenvalue weighted by Crippen LogP contribution is -2.36. The summed E-state index contributed by atoms with van der Waals surface area (Å²) >= 11 is 2.81. The highest BCUT2D eigenvalue weighted by molar-refractivity contribution is 8.00. The molecule has 1 aromatic carbocycles. The first-order chi connectivity index (χ1) is 14.1. The highest BCUT2D eigenvalue weighted by atomic mass is 32.2. The molecule has 8 nitrogen and oxygen atoms in total. The molecule has 1 aliphatic heterocycles. The van der Waals surface area contributed by atoms with Crippen LogP contribution in [0.3, 0.4) is 0 Å². The number of benzene rings is 1. The zero-order valence-corrected chi connectivity index (χ0v) is 17.2. The average Bonchev–Trinajstić information content (AvgIpc) is 3.18. The number of thiazole rings is 1. The summed E-state index contributed by atoms with van der Waals surface area (Å²) in [5, 5.41) is 4.25. The second kappa shape index (κ2) is 8.89. The lowest BCUT2D eigenvalue weighted by atomic mass is 10.3. The third kappa shape index (κ3) is 4.57. The monoisotopic (exact) mass is 435 g/mol. The molecule has 0 saturated carbocycles. The van der Waals surface area contributed by atoms with Crippen molar-refractivity contribution >= 4 is 50.2 Å². The summed E-state index contributed by atoms with van der Waals surface area (Å²) < 4.78 is 24.9. The van der Waals surface area contributed by atoms with Crippen molar-refractivity contribution in [1.82, 2.24) is 15.0 Å². The van der Waals surface area contributed by atoms with Gasteiger partial charge in [0.15, 0.2) is 22.3 Å². The van der Waals surface area contributed by atoms with Crippen LogP contribution in [0.15, 0.2) is 29.6 Å². The number of thioether (sulfide) groups is 1. The van der Waals surface area contributed by atoms with Crippen LogP contribution in [0.2, 0.25) is 0 Å². The van der Waals surface area contributed by atoms with E-state index in [1.807, 2.05) is 0 Å². The fourth-order valence-corrected chi connectivity index (χ4v) is 4.73. The summed E-state index contributed by atoms with van der Waals surface area (Å²) in [6.45, 7) is 2.93. The lowest BCUT2D eigenvalue weighted by molar-refractivity contribution is -0.113. The first kappa shape index (κ1) is 19.8. The number of methoxy groups -OCH3 is 1. The van der Waals surface area contributed by atoms with Crippen LogP contribution in [-0.4, -0.2) is 60.0 Å². The van der Waals surface area contributed by atoms with E-state index in [1.54, 1.807) is 6.07 Å². The van der Waals surface area contributed by atoms with Gasteiger partial charge in [0.2, 0.25) is 5.91 Å². The summed E-state index contributed by atoms with van der Waals surface area (Å²) in [5.41, 5.74) is 0.987. The van der Waals surface area contributed by atoms with Crippen LogP contribution in [-0.2, 0) is 9.53 Å². The largest absolute Gasteiger partial charge is 0.494 e. The second-order valence-corrected chi connectivity index (χ2v) is 8.06. The van der Waals surface area contributed by atoms with Crippen molar-refractivity contribution < 1.29 is 18.7 Å². The van der Waals surface area contributed by atoms with E-state index < -0.39 is 5.82 Å². The van der Waals surface area contributed by atoms with Crippen molar-refractivity contribution in [3.63, 3.8) is 0 Å². The number of fused-ring (bicyclic) bond motifs is 1. The van der Waals surface area contributed by atoms with Gasteiger partial charge in [-0.15, -0.1) is 0 Å². The van der Waals surface area contributed by atoms with E-state index in [1.165, 1.54) is 48.7 Å². The maximum Gasteiger partial charge on any atom is 0.234 e. The summed E-state index contributed by atoms with van der Waals surface area (Å²) in [5.74, 6) is -0.535. The Balaban J connectivity index is 1.43. The Kier molecular flexibility index (Phi) is 6.07. The van der Waals surface area contributed by atoms with Crippen LogP contribution in [0.5, 0.6) is 5.75 Å². The first-order valence-electron chi connectivity index (χ1n) is 8.84. The predicted octanol–water partition coefficient (Wildman–Crippen LogP) is 2.80. The topological polar surface area (TPSA) is 89.5 Å². The van der Waals surface area contributed by atoms with Crippen molar-refractivity contribution in [2.45, 2.75) is 5.03 Å². The van der Waals surface area contributed by atoms with E-state index in [0.29, 0.717) is 29.6 Å². The smallest absolute Gasteiger partial charge is 0.234 e. The van der Waals surface area contributed by atoms with Crippen molar-refractivity contribution in [3.8, 4) is 5.75 Å². The van der Waals surface area contributed by atoms with Gasteiger partial charge in [-0.2, -0.15) is 4.98 Å². The summed E-state index contributed by atoms with van der Waals surface area (Å²) in [6, 6.07) is 4.28. The van der Waals surface area contributed by atoms with Gasteiger partial charge in [0, 0.05) is 24.8 Å². The van der Waals surface area contributed by atoms with Crippen LogP contribution >= 0.6 is 23.1 Å². The van der Waals surface area contributed by atoms with Crippen LogP contribution in [0.25, 0.3) is 10.3 Å². The number of carbonyl (C=O) groups is 1. The number of anilines is 2. The minimum Gasteiger partial charge on any atom is -0.494 e. The predicted molar refractivity (Wildman–Crippen MR) is 111 cm³/mol. The van der Waals surface area contributed by atoms with Gasteiger partial charge in [-0.1, -0.05) is 23.1 Å². The van der Waals surface area contributed by atoms with E-state index >= 15 is 0 Å². The highest BCUT2D eigenvalue weighted by Crippen LogP contribution is 2.34. The Morgan fingerprint density at radius 3 is 2.97 bits per heavy atom.